The van der Waals surface area contributed by atoms with E-state index in [9.17, 15) is 0 Å². The van der Waals surface area contributed by atoms with Crippen LogP contribution in [0, 0.1) is 0 Å². The molecular formula is C45H27N3O2. The first kappa shape index (κ1) is 28.2. The summed E-state index contributed by atoms with van der Waals surface area (Å²) < 4.78 is 12.9. The van der Waals surface area contributed by atoms with E-state index >= 15 is 0 Å². The third-order valence-corrected chi connectivity index (χ3v) is 9.33. The van der Waals surface area contributed by atoms with E-state index < -0.39 is 0 Å². The standard InChI is InChI=1S/C45H27N3O2/c1-4-13-28(14-5-1)32-26-35(41-33-19-10-11-21-37(33)50-40(41)27-32)31-23-24-38-36(25-31)42-34(20-12-22-39(42)49-38)45-47-43(29-15-6-2-7-16-29)46-44(48-45)30-17-8-3-9-18-30/h1-27H. The average molecular weight is 642 g/mol. The molecule has 0 aliphatic carbocycles. The number of fused-ring (bicyclic) bond motifs is 6. The quantitative estimate of drug-likeness (QED) is 0.187. The Kier molecular flexibility index (Phi) is 6.42. The van der Waals surface area contributed by atoms with Crippen LogP contribution in [0.25, 0.3) is 100 Å². The normalized spacial score (nSPS) is 11.6. The van der Waals surface area contributed by atoms with Crippen molar-refractivity contribution in [2.45, 2.75) is 0 Å². The van der Waals surface area contributed by atoms with Crippen LogP contribution in [0.5, 0.6) is 0 Å². The molecule has 0 N–H and O–H groups in total. The van der Waals surface area contributed by atoms with Crippen molar-refractivity contribution in [2.24, 2.45) is 0 Å². The van der Waals surface area contributed by atoms with E-state index in [4.69, 9.17) is 23.8 Å². The van der Waals surface area contributed by atoms with E-state index in [0.717, 1.165) is 82.8 Å². The van der Waals surface area contributed by atoms with Gasteiger partial charge in [-0.1, -0.05) is 127 Å². The lowest BCUT2D eigenvalue weighted by Crippen LogP contribution is -2.00. The average Bonchev–Trinajstić information content (AvgIpc) is 3.76. The van der Waals surface area contributed by atoms with Gasteiger partial charge in [0, 0.05) is 38.2 Å². The number of para-hydroxylation sites is 1. The largest absolute Gasteiger partial charge is 0.456 e. The molecule has 5 heteroatoms. The summed E-state index contributed by atoms with van der Waals surface area (Å²) in [6.07, 6.45) is 0. The van der Waals surface area contributed by atoms with Crippen molar-refractivity contribution < 1.29 is 8.83 Å². The number of hydrogen-bond donors (Lipinski definition) is 0. The smallest absolute Gasteiger partial charge is 0.164 e. The molecular weight excluding hydrogens is 615 g/mol. The molecule has 0 atom stereocenters. The Balaban J connectivity index is 1.22. The van der Waals surface area contributed by atoms with Gasteiger partial charge in [-0.2, -0.15) is 0 Å². The second kappa shape index (κ2) is 11.4. The van der Waals surface area contributed by atoms with Crippen LogP contribution in [0.1, 0.15) is 0 Å². The number of benzene rings is 7. The minimum atomic E-state index is 0.589. The maximum absolute atomic E-state index is 6.48. The molecule has 0 fully saturated rings. The minimum Gasteiger partial charge on any atom is -0.456 e. The summed E-state index contributed by atoms with van der Waals surface area (Å²) in [6, 6.07) is 55.7. The number of rotatable bonds is 5. The summed E-state index contributed by atoms with van der Waals surface area (Å²) in [5.74, 6) is 1.82. The Labute approximate surface area is 287 Å². The van der Waals surface area contributed by atoms with E-state index in [2.05, 4.69) is 72.8 Å². The molecule has 10 aromatic rings. The van der Waals surface area contributed by atoms with Gasteiger partial charge >= 0.3 is 0 Å². The highest BCUT2D eigenvalue weighted by atomic mass is 16.3. The summed E-state index contributed by atoms with van der Waals surface area (Å²) in [7, 11) is 0. The van der Waals surface area contributed by atoms with Crippen LogP contribution in [0.15, 0.2) is 173 Å². The molecule has 3 heterocycles. The van der Waals surface area contributed by atoms with Crippen molar-refractivity contribution in [3.63, 3.8) is 0 Å². The summed E-state index contributed by atoms with van der Waals surface area (Å²) in [5.41, 5.74) is 10.4. The van der Waals surface area contributed by atoms with Gasteiger partial charge in [-0.05, 0) is 58.7 Å². The first-order valence-corrected chi connectivity index (χ1v) is 16.6. The van der Waals surface area contributed by atoms with Gasteiger partial charge in [-0.25, -0.2) is 15.0 Å². The zero-order valence-electron chi connectivity index (χ0n) is 26.7. The minimum absolute atomic E-state index is 0.589. The predicted octanol–water partition coefficient (Wildman–Crippen LogP) is 12.0. The molecule has 234 valence electrons. The molecule has 0 aliphatic heterocycles. The van der Waals surface area contributed by atoms with Crippen molar-refractivity contribution in [2.75, 3.05) is 0 Å². The van der Waals surface area contributed by atoms with Crippen LogP contribution >= 0.6 is 0 Å². The van der Waals surface area contributed by atoms with Crippen molar-refractivity contribution in [1.82, 2.24) is 15.0 Å². The van der Waals surface area contributed by atoms with E-state index in [1.165, 1.54) is 0 Å². The maximum Gasteiger partial charge on any atom is 0.164 e. The van der Waals surface area contributed by atoms with Crippen LogP contribution < -0.4 is 0 Å². The van der Waals surface area contributed by atoms with Crippen LogP contribution in [0.4, 0.5) is 0 Å². The fourth-order valence-electron chi connectivity index (χ4n) is 6.99. The molecule has 0 aliphatic rings. The molecule has 0 unspecified atom stereocenters. The van der Waals surface area contributed by atoms with Crippen LogP contribution in [-0.2, 0) is 0 Å². The van der Waals surface area contributed by atoms with Gasteiger partial charge < -0.3 is 8.83 Å². The molecule has 50 heavy (non-hydrogen) atoms. The molecule has 0 bridgehead atoms. The Morgan fingerprint density at radius 1 is 0.300 bits per heavy atom. The van der Waals surface area contributed by atoms with E-state index in [0.29, 0.717) is 17.5 Å². The van der Waals surface area contributed by atoms with Crippen molar-refractivity contribution >= 4 is 43.9 Å². The van der Waals surface area contributed by atoms with Gasteiger partial charge in [0.1, 0.15) is 22.3 Å². The van der Waals surface area contributed by atoms with Gasteiger partial charge in [0.25, 0.3) is 0 Å². The van der Waals surface area contributed by atoms with E-state index in [-0.39, 0.29) is 0 Å². The maximum atomic E-state index is 6.48. The summed E-state index contributed by atoms with van der Waals surface area (Å²) >= 11 is 0. The van der Waals surface area contributed by atoms with Gasteiger partial charge in [0.05, 0.1) is 0 Å². The third-order valence-electron chi connectivity index (χ3n) is 9.33. The predicted molar refractivity (Wildman–Crippen MR) is 202 cm³/mol. The highest BCUT2D eigenvalue weighted by molar-refractivity contribution is 6.16. The lowest BCUT2D eigenvalue weighted by Gasteiger charge is -2.10. The first-order chi connectivity index (χ1) is 24.8. The monoisotopic (exact) mass is 641 g/mol. The van der Waals surface area contributed by atoms with Crippen LogP contribution in [0.3, 0.4) is 0 Å². The number of nitrogens with zero attached hydrogens (tertiary/aromatic N) is 3. The van der Waals surface area contributed by atoms with Crippen LogP contribution in [0.2, 0.25) is 0 Å². The van der Waals surface area contributed by atoms with Gasteiger partial charge in [-0.15, -0.1) is 0 Å². The molecule has 0 amide bonds. The van der Waals surface area contributed by atoms with Crippen molar-refractivity contribution in [3.8, 4) is 56.4 Å². The number of hydrogen-bond acceptors (Lipinski definition) is 5. The van der Waals surface area contributed by atoms with Gasteiger partial charge in [0.2, 0.25) is 0 Å². The Bertz CT molecular complexity index is 2800. The summed E-state index contributed by atoms with van der Waals surface area (Å²) in [5, 5.41) is 4.12. The van der Waals surface area contributed by atoms with E-state index in [1.54, 1.807) is 0 Å². The van der Waals surface area contributed by atoms with Gasteiger partial charge in [0.15, 0.2) is 17.5 Å². The third kappa shape index (κ3) is 4.67. The summed E-state index contributed by atoms with van der Waals surface area (Å²) in [6.45, 7) is 0. The van der Waals surface area contributed by atoms with Gasteiger partial charge in [-0.3, -0.25) is 0 Å². The zero-order valence-corrected chi connectivity index (χ0v) is 26.7. The molecule has 0 saturated heterocycles. The fourth-order valence-corrected chi connectivity index (χ4v) is 6.99. The highest BCUT2D eigenvalue weighted by Crippen LogP contribution is 2.43. The topological polar surface area (TPSA) is 65.0 Å². The highest BCUT2D eigenvalue weighted by Gasteiger charge is 2.20. The SMILES string of the molecule is c1ccc(-c2cc(-c3ccc4oc5cccc(-c6nc(-c7ccccc7)nc(-c7ccccc7)n6)c5c4c3)c3c(c2)oc2ccccc23)cc1. The number of furan rings is 2. The molecule has 0 radical (unpaired) electrons. The molecule has 0 spiro atoms. The summed E-state index contributed by atoms with van der Waals surface area (Å²) in [4.78, 5) is 15.0. The molecule has 10 rings (SSSR count). The molecule has 0 saturated carbocycles. The van der Waals surface area contributed by atoms with Crippen molar-refractivity contribution in [3.05, 3.63) is 164 Å². The molecule has 3 aromatic heterocycles. The van der Waals surface area contributed by atoms with Crippen molar-refractivity contribution in [1.29, 1.82) is 0 Å². The lowest BCUT2D eigenvalue weighted by atomic mass is 9.93. The second-order valence-electron chi connectivity index (χ2n) is 12.4. The number of aromatic nitrogens is 3. The fraction of sp³-hybridized carbons (Fsp3) is 0. The molecule has 5 nitrogen and oxygen atoms in total. The Hall–Kier alpha value is -6.85. The first-order valence-electron chi connectivity index (χ1n) is 16.6. The lowest BCUT2D eigenvalue weighted by molar-refractivity contribution is 0.669. The Morgan fingerprint density at radius 3 is 1.58 bits per heavy atom. The Morgan fingerprint density at radius 2 is 0.860 bits per heavy atom. The zero-order chi connectivity index (χ0) is 33.0. The van der Waals surface area contributed by atoms with E-state index in [1.807, 2.05) is 91.0 Å². The molecule has 7 aromatic carbocycles. The second-order valence-corrected chi connectivity index (χ2v) is 12.4. The van der Waals surface area contributed by atoms with Crippen LogP contribution in [-0.4, -0.2) is 15.0 Å².